The second-order valence-electron chi connectivity index (χ2n) is 4.51. The van der Waals surface area contributed by atoms with Gasteiger partial charge in [0, 0.05) is 6.20 Å². The summed E-state index contributed by atoms with van der Waals surface area (Å²) in [6, 6.07) is 9.10. The highest BCUT2D eigenvalue weighted by atomic mass is 16.5. The molecule has 5 heteroatoms. The smallest absolute Gasteiger partial charge is 0.350 e. The number of nitrogens with one attached hydrogen (secondary N) is 1. The Morgan fingerprint density at radius 1 is 1.45 bits per heavy atom. The zero-order valence-electron chi connectivity index (χ0n) is 11.8. The van der Waals surface area contributed by atoms with E-state index in [1.165, 1.54) is 13.3 Å². The molecule has 5 nitrogen and oxygen atoms in total. The second-order valence-corrected chi connectivity index (χ2v) is 4.51. The number of nitriles is 1. The molecule has 0 spiro atoms. The van der Waals surface area contributed by atoms with Gasteiger partial charge in [0.05, 0.1) is 19.4 Å². The molecule has 0 bridgehead atoms. The Balaban J connectivity index is 2.84. The average molecular weight is 274 g/mol. The molecule has 106 valence electrons. The quantitative estimate of drug-likeness (QED) is 0.490. The summed E-state index contributed by atoms with van der Waals surface area (Å²) in [5, 5.41) is 11.8. The fraction of sp³-hybridized carbons (Fsp3) is 0.333. The van der Waals surface area contributed by atoms with Crippen LogP contribution in [0.4, 0.5) is 5.69 Å². The van der Waals surface area contributed by atoms with E-state index in [4.69, 9.17) is 10.00 Å². The molecule has 1 N–H and O–H groups in total. The number of para-hydroxylation sites is 2. The van der Waals surface area contributed by atoms with Gasteiger partial charge in [0.1, 0.15) is 11.8 Å². The topological polar surface area (TPSA) is 71.4 Å². The molecule has 0 fully saturated rings. The number of hydrogen-bond donors (Lipinski definition) is 1. The highest BCUT2D eigenvalue weighted by molar-refractivity contribution is 5.93. The van der Waals surface area contributed by atoms with E-state index in [-0.39, 0.29) is 5.57 Å². The van der Waals surface area contributed by atoms with Crippen molar-refractivity contribution in [3.63, 3.8) is 0 Å². The SMILES string of the molecule is COC(=O)/C(C#N)=C/Nc1ccccc1OCC(C)C. The van der Waals surface area contributed by atoms with Crippen LogP contribution in [0.3, 0.4) is 0 Å². The number of ether oxygens (including phenoxy) is 2. The number of anilines is 1. The summed E-state index contributed by atoms with van der Waals surface area (Å²) in [5.74, 6) is 0.392. The van der Waals surface area contributed by atoms with Gasteiger partial charge in [-0.25, -0.2) is 4.79 Å². The van der Waals surface area contributed by atoms with Gasteiger partial charge in [-0.05, 0) is 18.1 Å². The molecule has 0 aromatic heterocycles. The third-order valence-corrected chi connectivity index (χ3v) is 2.36. The van der Waals surface area contributed by atoms with E-state index in [1.807, 2.05) is 18.2 Å². The number of esters is 1. The lowest BCUT2D eigenvalue weighted by Crippen LogP contribution is -2.07. The summed E-state index contributed by atoms with van der Waals surface area (Å²) in [6.45, 7) is 4.70. The van der Waals surface area contributed by atoms with Gasteiger partial charge in [-0.1, -0.05) is 26.0 Å². The van der Waals surface area contributed by atoms with Gasteiger partial charge in [0.25, 0.3) is 0 Å². The molecule has 0 aliphatic heterocycles. The van der Waals surface area contributed by atoms with E-state index in [0.29, 0.717) is 24.0 Å². The molecule has 0 amide bonds. The zero-order chi connectivity index (χ0) is 15.0. The Kier molecular flexibility index (Phi) is 6.11. The molecule has 0 heterocycles. The Labute approximate surface area is 118 Å². The third kappa shape index (κ3) is 4.65. The van der Waals surface area contributed by atoms with Crippen LogP contribution in [0.15, 0.2) is 36.0 Å². The minimum atomic E-state index is -0.680. The molecular weight excluding hydrogens is 256 g/mol. The van der Waals surface area contributed by atoms with Gasteiger partial charge >= 0.3 is 5.97 Å². The molecule has 0 atom stereocenters. The maximum Gasteiger partial charge on any atom is 0.350 e. The van der Waals surface area contributed by atoms with E-state index >= 15 is 0 Å². The largest absolute Gasteiger partial charge is 0.491 e. The maximum atomic E-state index is 11.3. The predicted octanol–water partition coefficient (Wildman–Crippen LogP) is 2.71. The molecule has 1 aromatic rings. The first kappa shape index (κ1) is 15.6. The highest BCUT2D eigenvalue weighted by Gasteiger charge is 2.09. The molecule has 0 saturated carbocycles. The number of methoxy groups -OCH3 is 1. The van der Waals surface area contributed by atoms with Crippen molar-refractivity contribution < 1.29 is 14.3 Å². The average Bonchev–Trinajstić information content (AvgIpc) is 2.46. The molecule has 0 aliphatic carbocycles. The van der Waals surface area contributed by atoms with Gasteiger partial charge in [-0.2, -0.15) is 5.26 Å². The van der Waals surface area contributed by atoms with Crippen molar-refractivity contribution in [2.24, 2.45) is 5.92 Å². The van der Waals surface area contributed by atoms with Gasteiger partial charge in [-0.3, -0.25) is 0 Å². The molecule has 20 heavy (non-hydrogen) atoms. The Morgan fingerprint density at radius 2 is 2.15 bits per heavy atom. The standard InChI is InChI=1S/C15H18N2O3/c1-11(2)10-20-14-7-5-4-6-13(14)17-9-12(8-16)15(18)19-3/h4-7,9,11,17H,10H2,1-3H3/b12-9+. The minimum absolute atomic E-state index is 0.105. The van der Waals surface area contributed by atoms with E-state index in [0.717, 1.165) is 0 Å². The van der Waals surface area contributed by atoms with Crippen molar-refractivity contribution in [1.29, 1.82) is 5.26 Å². The predicted molar refractivity (Wildman–Crippen MR) is 76.1 cm³/mol. The second kappa shape index (κ2) is 7.85. The first-order valence-corrected chi connectivity index (χ1v) is 6.25. The highest BCUT2D eigenvalue weighted by Crippen LogP contribution is 2.24. The molecule has 1 rings (SSSR count). The van der Waals surface area contributed by atoms with Crippen LogP contribution in [0.1, 0.15) is 13.8 Å². The van der Waals surface area contributed by atoms with Crippen LogP contribution in [0.2, 0.25) is 0 Å². The van der Waals surface area contributed by atoms with Crippen molar-refractivity contribution >= 4 is 11.7 Å². The van der Waals surface area contributed by atoms with E-state index in [2.05, 4.69) is 23.9 Å². The number of nitrogens with zero attached hydrogens (tertiary/aromatic N) is 1. The summed E-state index contributed by atoms with van der Waals surface area (Å²) in [4.78, 5) is 11.3. The van der Waals surface area contributed by atoms with Gasteiger partial charge in [0.2, 0.25) is 0 Å². The van der Waals surface area contributed by atoms with Crippen LogP contribution >= 0.6 is 0 Å². The first-order valence-electron chi connectivity index (χ1n) is 6.25. The molecule has 0 aliphatic rings. The van der Waals surface area contributed by atoms with Crippen molar-refractivity contribution in [3.8, 4) is 11.8 Å². The van der Waals surface area contributed by atoms with Crippen molar-refractivity contribution in [2.45, 2.75) is 13.8 Å². The molecular formula is C15H18N2O3. The zero-order valence-corrected chi connectivity index (χ0v) is 11.8. The Morgan fingerprint density at radius 3 is 2.75 bits per heavy atom. The van der Waals surface area contributed by atoms with Crippen molar-refractivity contribution in [1.82, 2.24) is 0 Å². The van der Waals surface area contributed by atoms with Gasteiger partial charge in [0.15, 0.2) is 5.57 Å². The van der Waals surface area contributed by atoms with Crippen LogP contribution < -0.4 is 10.1 Å². The lowest BCUT2D eigenvalue weighted by atomic mass is 10.2. The van der Waals surface area contributed by atoms with Crippen LogP contribution in [0.5, 0.6) is 5.75 Å². The number of carbonyl (C=O) groups excluding carboxylic acids is 1. The van der Waals surface area contributed by atoms with Crippen LogP contribution in [0.25, 0.3) is 0 Å². The van der Waals surface area contributed by atoms with E-state index in [1.54, 1.807) is 12.1 Å². The van der Waals surface area contributed by atoms with E-state index < -0.39 is 5.97 Å². The fourth-order valence-corrected chi connectivity index (χ4v) is 1.36. The minimum Gasteiger partial charge on any atom is -0.491 e. The van der Waals surface area contributed by atoms with Crippen LogP contribution in [-0.4, -0.2) is 19.7 Å². The summed E-state index contributed by atoms with van der Waals surface area (Å²) >= 11 is 0. The number of rotatable bonds is 6. The first-order chi connectivity index (χ1) is 9.58. The lowest BCUT2D eigenvalue weighted by Gasteiger charge is -2.12. The summed E-state index contributed by atoms with van der Waals surface area (Å²) < 4.78 is 10.2. The fourth-order valence-electron chi connectivity index (χ4n) is 1.36. The van der Waals surface area contributed by atoms with E-state index in [9.17, 15) is 4.79 Å². The molecule has 1 aromatic carbocycles. The number of hydrogen-bond acceptors (Lipinski definition) is 5. The maximum absolute atomic E-state index is 11.3. The Hall–Kier alpha value is -2.48. The molecule has 0 radical (unpaired) electrons. The van der Waals surface area contributed by atoms with Crippen LogP contribution in [0, 0.1) is 17.2 Å². The molecule has 0 saturated heterocycles. The van der Waals surface area contributed by atoms with Gasteiger partial charge in [-0.15, -0.1) is 0 Å². The van der Waals surface area contributed by atoms with Crippen molar-refractivity contribution in [3.05, 3.63) is 36.0 Å². The Bertz CT molecular complexity index is 530. The molecule has 0 unspecified atom stereocenters. The third-order valence-electron chi connectivity index (χ3n) is 2.36. The monoisotopic (exact) mass is 274 g/mol. The van der Waals surface area contributed by atoms with Crippen molar-refractivity contribution in [2.75, 3.05) is 19.0 Å². The normalized spacial score (nSPS) is 10.8. The summed E-state index contributed by atoms with van der Waals surface area (Å²) in [5.41, 5.74) is 0.580. The summed E-state index contributed by atoms with van der Waals surface area (Å²) in [7, 11) is 1.23. The summed E-state index contributed by atoms with van der Waals surface area (Å²) in [6.07, 6.45) is 1.31. The number of carbonyl (C=O) groups is 1. The lowest BCUT2D eigenvalue weighted by molar-refractivity contribution is -0.135. The number of benzene rings is 1. The van der Waals surface area contributed by atoms with Gasteiger partial charge < -0.3 is 14.8 Å². The van der Waals surface area contributed by atoms with Crippen LogP contribution in [-0.2, 0) is 9.53 Å².